The summed E-state index contributed by atoms with van der Waals surface area (Å²) in [4.78, 5) is 16.5. The van der Waals surface area contributed by atoms with Crippen molar-refractivity contribution in [3.05, 3.63) is 159 Å². The summed E-state index contributed by atoms with van der Waals surface area (Å²) >= 11 is 0. The van der Waals surface area contributed by atoms with E-state index in [-0.39, 0.29) is 12.4 Å². The third kappa shape index (κ3) is 8.82. The Balaban J connectivity index is 0.00000168. The van der Waals surface area contributed by atoms with Crippen LogP contribution in [-0.4, -0.2) is 48.5 Å². The van der Waals surface area contributed by atoms with Crippen LogP contribution < -0.4 is 45.7 Å². The minimum atomic E-state index is 0. The molecule has 13 rings (SSSR count). The van der Waals surface area contributed by atoms with Gasteiger partial charge in [-0.1, -0.05) is 18.2 Å². The molecule has 0 amide bonds. The van der Waals surface area contributed by atoms with E-state index in [4.69, 9.17) is 48.5 Å². The molecule has 6 aliphatic heterocycles. The average Bonchev–Trinajstić information content (AvgIpc) is 3.29. The SMILES string of the molecule is CO.COc1cc2c3cc1OCc1cccc(n1)C[NH+]1Cc4cccc(n4)COc4cc(c(cc4OC)C3)Cc3cc(OC)c(cc3C2)OCc2cccc(n2)C1.[Cl-]. The second kappa shape index (κ2) is 18.1. The van der Waals surface area contributed by atoms with Gasteiger partial charge >= 0.3 is 0 Å². The van der Waals surface area contributed by atoms with E-state index in [1.54, 1.807) is 21.3 Å². The van der Waals surface area contributed by atoms with E-state index in [1.165, 1.54) is 4.90 Å². The van der Waals surface area contributed by atoms with E-state index in [0.29, 0.717) is 93.2 Å². The van der Waals surface area contributed by atoms with Crippen molar-refractivity contribution in [2.24, 2.45) is 0 Å². The molecular weight excluding hydrogens is 756 g/mol. The van der Waals surface area contributed by atoms with Crippen molar-refractivity contribution in [1.82, 2.24) is 15.0 Å². The average molecular weight is 803 g/mol. The number of hydrogen-bond donors (Lipinski definition) is 2. The molecule has 1 aliphatic carbocycles. The molecule has 58 heavy (non-hydrogen) atoms. The lowest BCUT2D eigenvalue weighted by Crippen LogP contribution is -3.08. The van der Waals surface area contributed by atoms with Crippen LogP contribution in [0.5, 0.6) is 34.5 Å². The fourth-order valence-corrected chi connectivity index (χ4v) is 7.89. The van der Waals surface area contributed by atoms with Gasteiger partial charge in [0, 0.05) is 7.11 Å². The number of rotatable bonds is 3. The molecule has 0 saturated carbocycles. The predicted molar refractivity (Wildman–Crippen MR) is 213 cm³/mol. The molecule has 3 aromatic heterocycles. The molecule has 9 heterocycles. The first kappa shape index (κ1) is 40.3. The maximum absolute atomic E-state index is 7.00. The molecule has 11 nitrogen and oxygen atoms in total. The standard InChI is InChI=1S/C45H42N4O6.CH4O.ClH/c1-50-40-16-28-13-32-20-44-42(52-3)18-30(32)15-33-21-45-41(51-2)17-29(33)14-31(28)19-43(40)53-25-37-10-4-7-34(46-37)22-49(23-35-8-5-11-38(47-35)26-54-44)24-36-9-6-12-39(48-36)27-55-45;1-2;/h4-12,16-21H,13-15,22-27H2,1-3H3;2H,1H3;1H. The van der Waals surface area contributed by atoms with Crippen LogP contribution in [0.4, 0.5) is 0 Å². The van der Waals surface area contributed by atoms with Gasteiger partial charge in [0.05, 0.1) is 55.5 Å². The number of pyridine rings is 3. The summed E-state index contributed by atoms with van der Waals surface area (Å²) in [6, 6.07) is 31.1. The first-order valence-electron chi connectivity index (χ1n) is 19.1. The monoisotopic (exact) mass is 802 g/mol. The third-order valence-corrected chi connectivity index (χ3v) is 10.6. The van der Waals surface area contributed by atoms with Gasteiger partial charge in [-0.15, -0.1) is 0 Å². The number of methoxy groups -OCH3 is 3. The minimum Gasteiger partial charge on any atom is -1.00 e. The van der Waals surface area contributed by atoms with Gasteiger partial charge in [0.2, 0.25) is 0 Å². The second-order valence-electron chi connectivity index (χ2n) is 14.4. The highest BCUT2D eigenvalue weighted by Gasteiger charge is 2.24. The van der Waals surface area contributed by atoms with Crippen molar-refractivity contribution >= 4 is 0 Å². The van der Waals surface area contributed by atoms with Crippen molar-refractivity contribution in [1.29, 1.82) is 0 Å². The van der Waals surface area contributed by atoms with Crippen LogP contribution in [0.25, 0.3) is 0 Å². The number of fused-ring (bicyclic) bond motifs is 3. The molecule has 7 aliphatic rings. The molecule has 0 saturated heterocycles. The number of ether oxygens (including phenoxy) is 6. The largest absolute Gasteiger partial charge is 1.00 e. The normalized spacial score (nSPS) is 14.2. The van der Waals surface area contributed by atoms with Crippen LogP contribution in [0.15, 0.2) is 91.0 Å². The van der Waals surface area contributed by atoms with E-state index < -0.39 is 0 Å². The maximum atomic E-state index is 7.00. The molecule has 6 aromatic rings. The van der Waals surface area contributed by atoms with Gasteiger partial charge in [0.15, 0.2) is 34.5 Å². The van der Waals surface area contributed by atoms with E-state index in [2.05, 4.69) is 72.8 Å². The molecule has 2 N–H and O–H groups in total. The molecule has 12 heteroatoms. The van der Waals surface area contributed by atoms with Crippen LogP contribution in [0, 0.1) is 0 Å². The molecule has 16 bridgehead atoms. The van der Waals surface area contributed by atoms with E-state index in [9.17, 15) is 0 Å². The number of nitrogens with zero attached hydrogens (tertiary/aromatic N) is 3. The van der Waals surface area contributed by atoms with Crippen LogP contribution in [0.1, 0.15) is 67.5 Å². The maximum Gasteiger partial charge on any atom is 0.162 e. The lowest BCUT2D eigenvalue weighted by Gasteiger charge is -2.20. The number of nitrogens with one attached hydrogen (secondary N) is 1. The second-order valence-corrected chi connectivity index (χ2v) is 14.4. The first-order chi connectivity index (χ1) is 28.0. The summed E-state index contributed by atoms with van der Waals surface area (Å²) in [5.74, 6) is 4.00. The van der Waals surface area contributed by atoms with Crippen LogP contribution >= 0.6 is 0 Å². The van der Waals surface area contributed by atoms with Crippen molar-refractivity contribution in [2.45, 2.75) is 58.7 Å². The number of aromatic nitrogens is 3. The van der Waals surface area contributed by atoms with E-state index in [1.807, 2.05) is 18.2 Å². The van der Waals surface area contributed by atoms with E-state index in [0.717, 1.165) is 74.7 Å². The highest BCUT2D eigenvalue weighted by Crippen LogP contribution is 2.41. The highest BCUT2D eigenvalue weighted by atomic mass is 35.5. The zero-order valence-electron chi connectivity index (χ0n) is 33.1. The summed E-state index contributed by atoms with van der Waals surface area (Å²) in [5, 5.41) is 7.00. The van der Waals surface area contributed by atoms with Gasteiger partial charge < -0.3 is 50.8 Å². The smallest absolute Gasteiger partial charge is 0.162 e. The predicted octanol–water partition coefficient (Wildman–Crippen LogP) is 2.74. The Hall–Kier alpha value is -5.88. The summed E-state index contributed by atoms with van der Waals surface area (Å²) in [5.41, 5.74) is 12.1. The Morgan fingerprint density at radius 1 is 0.448 bits per heavy atom. The Kier molecular flexibility index (Phi) is 12.6. The Morgan fingerprint density at radius 3 is 1.02 bits per heavy atom. The van der Waals surface area contributed by atoms with Gasteiger partial charge in [0.1, 0.15) is 39.5 Å². The zero-order valence-corrected chi connectivity index (χ0v) is 33.9. The topological polar surface area (TPSA) is 119 Å². The number of halogens is 1. The lowest BCUT2D eigenvalue weighted by molar-refractivity contribution is -0.942. The number of benzene rings is 3. The highest BCUT2D eigenvalue weighted by molar-refractivity contribution is 5.58. The molecule has 0 radical (unpaired) electrons. The number of quaternary nitrogens is 1. The van der Waals surface area contributed by atoms with E-state index >= 15 is 0 Å². The van der Waals surface area contributed by atoms with Gasteiger partial charge in [-0.3, -0.25) is 0 Å². The van der Waals surface area contributed by atoms with Crippen molar-refractivity contribution in [3.63, 3.8) is 0 Å². The fraction of sp³-hybridized carbons (Fsp3) is 0.283. The minimum absolute atomic E-state index is 0. The van der Waals surface area contributed by atoms with Gasteiger partial charge in [-0.2, -0.15) is 0 Å². The molecule has 0 fully saturated rings. The quantitative estimate of drug-likeness (QED) is 0.277. The summed E-state index contributed by atoms with van der Waals surface area (Å²) in [6.45, 7) is 2.83. The summed E-state index contributed by atoms with van der Waals surface area (Å²) in [6.07, 6.45) is 1.94. The Labute approximate surface area is 344 Å². The van der Waals surface area contributed by atoms with Crippen LogP contribution in [0.2, 0.25) is 0 Å². The fourth-order valence-electron chi connectivity index (χ4n) is 7.89. The van der Waals surface area contributed by atoms with Gasteiger partial charge in [-0.25, -0.2) is 15.0 Å². The van der Waals surface area contributed by atoms with Crippen molar-refractivity contribution in [3.8, 4) is 34.5 Å². The third-order valence-electron chi connectivity index (χ3n) is 10.6. The molecule has 3 aromatic carbocycles. The molecule has 0 unspecified atom stereocenters. The first-order valence-corrected chi connectivity index (χ1v) is 19.1. The summed E-state index contributed by atoms with van der Waals surface area (Å²) < 4.78 is 37.6. The van der Waals surface area contributed by atoms with Crippen LogP contribution in [-0.2, 0) is 58.7 Å². The molecule has 0 spiro atoms. The number of aliphatic hydroxyl groups excluding tert-OH is 1. The Bertz CT molecular complexity index is 2140. The van der Waals surface area contributed by atoms with Crippen LogP contribution in [0.3, 0.4) is 0 Å². The molecule has 300 valence electrons. The number of aliphatic hydroxyl groups is 1. The van der Waals surface area contributed by atoms with Crippen molar-refractivity contribution < 1.29 is 50.8 Å². The molecule has 0 atom stereocenters. The lowest BCUT2D eigenvalue weighted by atomic mass is 9.94. The zero-order chi connectivity index (χ0) is 39.3. The summed E-state index contributed by atoms with van der Waals surface area (Å²) in [7, 11) is 6.06. The van der Waals surface area contributed by atoms with Gasteiger partial charge in [0.25, 0.3) is 0 Å². The molecular formula is C46H47ClN4O7. The number of hydrogen-bond acceptors (Lipinski definition) is 10. The van der Waals surface area contributed by atoms with Crippen molar-refractivity contribution in [2.75, 3.05) is 28.4 Å². The Morgan fingerprint density at radius 2 is 0.724 bits per heavy atom. The van der Waals surface area contributed by atoms with Gasteiger partial charge in [-0.05, 0) is 125 Å².